The summed E-state index contributed by atoms with van der Waals surface area (Å²) >= 11 is 0. The highest BCUT2D eigenvalue weighted by atomic mass is 16.5. The number of aliphatic imine (C=N–C) groups is 2. The third kappa shape index (κ3) is 3.26. The van der Waals surface area contributed by atoms with Crippen molar-refractivity contribution in [2.75, 3.05) is 6.61 Å². The fourth-order valence-corrected chi connectivity index (χ4v) is 2.23. The summed E-state index contributed by atoms with van der Waals surface area (Å²) in [5.41, 5.74) is 2.82. The van der Waals surface area contributed by atoms with Crippen LogP contribution in [0.3, 0.4) is 0 Å². The predicted octanol–water partition coefficient (Wildman–Crippen LogP) is 5.06. The summed E-state index contributed by atoms with van der Waals surface area (Å²) < 4.78 is 10.6. The van der Waals surface area contributed by atoms with Crippen LogP contribution in [0.1, 0.15) is 23.0 Å². The number of carbonyl (C=O) groups is 1. The van der Waals surface area contributed by atoms with Gasteiger partial charge in [0.05, 0.1) is 12.3 Å². The van der Waals surface area contributed by atoms with E-state index in [1.165, 1.54) is 0 Å². The highest BCUT2D eigenvalue weighted by Crippen LogP contribution is 2.33. The zero-order valence-electron chi connectivity index (χ0n) is 13.4. The number of nitrogens with zero attached hydrogens (tertiary/aromatic N) is 2. The number of hydrogen-bond donors (Lipinski definition) is 0. The van der Waals surface area contributed by atoms with E-state index < -0.39 is 5.97 Å². The molecule has 0 aliphatic rings. The molecule has 0 fully saturated rings. The number of hydrogen-bond acceptors (Lipinski definition) is 5. The SMILES string of the molecule is CCOC(=O)c1oc2ccccc2c1N=C=Nc1ccc(C)cc1. The Bertz CT molecular complexity index is 933. The van der Waals surface area contributed by atoms with E-state index in [4.69, 9.17) is 9.15 Å². The lowest BCUT2D eigenvalue weighted by atomic mass is 10.2. The Morgan fingerprint density at radius 2 is 1.88 bits per heavy atom. The number of para-hydroxylation sites is 1. The van der Waals surface area contributed by atoms with E-state index in [-0.39, 0.29) is 12.4 Å². The van der Waals surface area contributed by atoms with Gasteiger partial charge in [0.2, 0.25) is 5.76 Å². The van der Waals surface area contributed by atoms with Gasteiger partial charge in [0.1, 0.15) is 17.3 Å². The molecule has 5 nitrogen and oxygen atoms in total. The second-order valence-corrected chi connectivity index (χ2v) is 5.16. The molecular weight excluding hydrogens is 304 g/mol. The van der Waals surface area contributed by atoms with E-state index in [0.29, 0.717) is 16.7 Å². The molecule has 1 heterocycles. The Morgan fingerprint density at radius 1 is 1.12 bits per heavy atom. The zero-order valence-corrected chi connectivity index (χ0v) is 13.4. The van der Waals surface area contributed by atoms with Gasteiger partial charge in [0.25, 0.3) is 0 Å². The number of aryl methyl sites for hydroxylation is 1. The molecule has 1 aromatic heterocycles. The lowest BCUT2D eigenvalue weighted by molar-refractivity contribution is 0.0494. The van der Waals surface area contributed by atoms with Gasteiger partial charge in [-0.15, -0.1) is 0 Å². The van der Waals surface area contributed by atoms with Gasteiger partial charge in [0.15, 0.2) is 0 Å². The van der Waals surface area contributed by atoms with Crippen LogP contribution in [0.4, 0.5) is 11.4 Å². The number of benzene rings is 2. The molecule has 0 bridgehead atoms. The molecule has 0 spiro atoms. The summed E-state index contributed by atoms with van der Waals surface area (Å²) in [7, 11) is 0. The minimum atomic E-state index is -0.551. The Kier molecular flexibility index (Phi) is 4.54. The number of esters is 1. The predicted molar refractivity (Wildman–Crippen MR) is 92.5 cm³/mol. The first-order valence-electron chi connectivity index (χ1n) is 7.61. The molecule has 0 unspecified atom stereocenters. The third-order valence-electron chi connectivity index (χ3n) is 3.40. The van der Waals surface area contributed by atoms with Crippen molar-refractivity contribution in [3.05, 3.63) is 59.9 Å². The Hall–Kier alpha value is -3.17. The van der Waals surface area contributed by atoms with Crippen molar-refractivity contribution in [3.63, 3.8) is 0 Å². The van der Waals surface area contributed by atoms with Gasteiger partial charge in [-0.1, -0.05) is 29.8 Å². The standard InChI is InChI=1S/C19H16N2O3/c1-3-23-19(22)18-17(15-6-4-5-7-16(15)24-18)21-12-20-14-10-8-13(2)9-11-14/h4-11H,3H2,1-2H3. The van der Waals surface area contributed by atoms with Crippen molar-refractivity contribution >= 4 is 34.3 Å². The third-order valence-corrected chi connectivity index (χ3v) is 3.40. The van der Waals surface area contributed by atoms with Crippen LogP contribution in [0.15, 0.2) is 62.9 Å². The summed E-state index contributed by atoms with van der Waals surface area (Å²) in [5.74, 6) is -0.491. The molecular formula is C19H16N2O3. The van der Waals surface area contributed by atoms with Crippen molar-refractivity contribution in [1.29, 1.82) is 0 Å². The van der Waals surface area contributed by atoms with Crippen LogP contribution in [0.25, 0.3) is 11.0 Å². The smallest absolute Gasteiger partial charge is 0.376 e. The van der Waals surface area contributed by atoms with Crippen molar-refractivity contribution < 1.29 is 13.9 Å². The van der Waals surface area contributed by atoms with Crippen LogP contribution in [-0.2, 0) is 4.74 Å². The molecule has 2 aromatic carbocycles. The summed E-state index contributed by atoms with van der Waals surface area (Å²) in [5, 5.41) is 0.715. The molecule has 0 saturated heterocycles. The number of fused-ring (bicyclic) bond motifs is 1. The van der Waals surface area contributed by atoms with Crippen LogP contribution in [0.2, 0.25) is 0 Å². The molecule has 0 amide bonds. The quantitative estimate of drug-likeness (QED) is 0.499. The zero-order chi connectivity index (χ0) is 16.9. The monoisotopic (exact) mass is 320 g/mol. The number of carbonyl (C=O) groups excluding carboxylic acids is 1. The summed E-state index contributed by atoms with van der Waals surface area (Å²) in [6.45, 7) is 4.00. The summed E-state index contributed by atoms with van der Waals surface area (Å²) in [4.78, 5) is 20.4. The topological polar surface area (TPSA) is 64.2 Å². The second kappa shape index (κ2) is 6.94. The Balaban J connectivity index is 2.03. The van der Waals surface area contributed by atoms with Gasteiger partial charge in [-0.05, 0) is 38.1 Å². The summed E-state index contributed by atoms with van der Waals surface area (Å²) in [6, 6.07) is 17.6. The first-order chi connectivity index (χ1) is 11.7. The van der Waals surface area contributed by atoms with Gasteiger partial charge in [-0.3, -0.25) is 0 Å². The largest absolute Gasteiger partial charge is 0.460 e. The maximum atomic E-state index is 12.1. The Morgan fingerprint density at radius 3 is 2.62 bits per heavy atom. The van der Waals surface area contributed by atoms with Crippen LogP contribution in [0.5, 0.6) is 0 Å². The fraction of sp³-hybridized carbons (Fsp3) is 0.158. The minimum Gasteiger partial charge on any atom is -0.460 e. The number of furan rings is 1. The van der Waals surface area contributed by atoms with Crippen molar-refractivity contribution in [3.8, 4) is 0 Å². The maximum absolute atomic E-state index is 12.1. The first-order valence-corrected chi connectivity index (χ1v) is 7.61. The molecule has 3 aromatic rings. The van der Waals surface area contributed by atoms with Gasteiger partial charge in [-0.2, -0.15) is 9.98 Å². The van der Waals surface area contributed by atoms with Crippen LogP contribution in [-0.4, -0.2) is 18.6 Å². The van der Waals surface area contributed by atoms with Crippen LogP contribution in [0, 0.1) is 6.92 Å². The molecule has 0 N–H and O–H groups in total. The lowest BCUT2D eigenvalue weighted by Gasteiger charge is -1.97. The first kappa shape index (κ1) is 15.7. The van der Waals surface area contributed by atoms with E-state index in [2.05, 4.69) is 16.0 Å². The van der Waals surface area contributed by atoms with Gasteiger partial charge < -0.3 is 9.15 Å². The van der Waals surface area contributed by atoms with Crippen molar-refractivity contribution in [2.45, 2.75) is 13.8 Å². The average Bonchev–Trinajstić information content (AvgIpc) is 2.96. The minimum absolute atomic E-state index is 0.0599. The van der Waals surface area contributed by atoms with Gasteiger partial charge in [0, 0.05) is 5.39 Å². The molecule has 3 rings (SSSR count). The average molecular weight is 320 g/mol. The summed E-state index contributed by atoms with van der Waals surface area (Å²) in [6.07, 6.45) is 0. The van der Waals surface area contributed by atoms with Gasteiger partial charge in [-0.25, -0.2) is 4.79 Å². The molecule has 0 aliphatic heterocycles. The molecule has 0 atom stereocenters. The molecule has 0 aliphatic carbocycles. The molecule has 5 heteroatoms. The second-order valence-electron chi connectivity index (χ2n) is 5.16. The molecule has 24 heavy (non-hydrogen) atoms. The van der Waals surface area contributed by atoms with E-state index in [1.54, 1.807) is 13.0 Å². The Labute approximate surface area is 139 Å². The van der Waals surface area contributed by atoms with Crippen LogP contribution >= 0.6 is 0 Å². The van der Waals surface area contributed by atoms with Gasteiger partial charge >= 0.3 is 5.97 Å². The van der Waals surface area contributed by atoms with Crippen molar-refractivity contribution in [1.82, 2.24) is 0 Å². The van der Waals surface area contributed by atoms with E-state index in [0.717, 1.165) is 11.3 Å². The normalized spacial score (nSPS) is 10.2. The lowest BCUT2D eigenvalue weighted by Crippen LogP contribution is -2.03. The number of ether oxygens (including phenoxy) is 1. The van der Waals surface area contributed by atoms with Crippen molar-refractivity contribution in [2.24, 2.45) is 9.98 Å². The molecule has 120 valence electrons. The fourth-order valence-electron chi connectivity index (χ4n) is 2.23. The number of rotatable bonds is 4. The molecule has 0 saturated carbocycles. The van der Waals surface area contributed by atoms with E-state index in [9.17, 15) is 4.79 Å². The highest BCUT2D eigenvalue weighted by Gasteiger charge is 2.21. The molecule has 0 radical (unpaired) electrons. The van der Waals surface area contributed by atoms with Crippen LogP contribution < -0.4 is 0 Å². The highest BCUT2D eigenvalue weighted by molar-refractivity contribution is 6.03. The maximum Gasteiger partial charge on any atom is 0.376 e. The van der Waals surface area contributed by atoms with E-state index in [1.807, 2.05) is 49.4 Å². The van der Waals surface area contributed by atoms with E-state index >= 15 is 0 Å².